The van der Waals surface area contributed by atoms with Crippen LogP contribution in [0.15, 0.2) is 12.2 Å². The summed E-state index contributed by atoms with van der Waals surface area (Å²) in [6, 6.07) is 0. The lowest BCUT2D eigenvalue weighted by Gasteiger charge is -2.39. The number of carbonyl (C=O) groups excluding carboxylic acids is 2. The van der Waals surface area contributed by atoms with Gasteiger partial charge in [0.25, 0.3) is 0 Å². The lowest BCUT2D eigenvalue weighted by molar-refractivity contribution is -0.305. The molecule has 1 aliphatic heterocycles. The summed E-state index contributed by atoms with van der Waals surface area (Å²) in [4.78, 5) is 25.2. The minimum Gasteiger partial charge on any atom is -0.462 e. The normalized spacial score (nSPS) is 21.3. The van der Waals surface area contributed by atoms with E-state index in [0.717, 1.165) is 38.5 Å². The van der Waals surface area contributed by atoms with Crippen molar-refractivity contribution in [3.63, 3.8) is 0 Å². The van der Waals surface area contributed by atoms with Crippen LogP contribution in [0.2, 0.25) is 0 Å². The molecule has 4 N–H and O–H groups in total. The smallest absolute Gasteiger partial charge is 0.306 e. The Morgan fingerprint density at radius 3 is 1.55 bits per heavy atom. The quantitative estimate of drug-likeness (QED) is 0.0291. The second-order valence-electron chi connectivity index (χ2n) is 14.4. The summed E-state index contributed by atoms with van der Waals surface area (Å²) in [5, 5.41) is 39.9. The van der Waals surface area contributed by atoms with E-state index in [-0.39, 0.29) is 32.0 Å². The van der Waals surface area contributed by atoms with Crippen molar-refractivity contribution in [1.29, 1.82) is 0 Å². The summed E-state index contributed by atoms with van der Waals surface area (Å²) in [7, 11) is 0. The molecule has 10 nitrogen and oxygen atoms in total. The summed E-state index contributed by atoms with van der Waals surface area (Å²) >= 11 is 0. The lowest BCUT2D eigenvalue weighted by Crippen LogP contribution is -2.59. The maximum absolute atomic E-state index is 12.7. The third kappa shape index (κ3) is 25.2. The van der Waals surface area contributed by atoms with Gasteiger partial charge in [0.1, 0.15) is 31.0 Å². The van der Waals surface area contributed by atoms with E-state index >= 15 is 0 Å². The highest BCUT2D eigenvalue weighted by Crippen LogP contribution is 2.22. The highest BCUT2D eigenvalue weighted by atomic mass is 16.7. The van der Waals surface area contributed by atoms with Crippen molar-refractivity contribution in [3.05, 3.63) is 12.2 Å². The van der Waals surface area contributed by atoms with Crippen LogP contribution in [0.5, 0.6) is 0 Å². The highest BCUT2D eigenvalue weighted by Gasteiger charge is 2.44. The maximum atomic E-state index is 12.7. The van der Waals surface area contributed by atoms with E-state index in [1.54, 1.807) is 0 Å². The van der Waals surface area contributed by atoms with Crippen molar-refractivity contribution in [2.45, 2.75) is 218 Å². The van der Waals surface area contributed by atoms with Crippen molar-refractivity contribution in [3.8, 4) is 0 Å². The van der Waals surface area contributed by atoms with Crippen LogP contribution in [-0.4, -0.2) is 89.0 Å². The molecule has 0 amide bonds. The van der Waals surface area contributed by atoms with Gasteiger partial charge in [-0.3, -0.25) is 9.59 Å². The van der Waals surface area contributed by atoms with Crippen molar-refractivity contribution in [2.24, 2.45) is 0 Å². The zero-order valence-electron chi connectivity index (χ0n) is 32.4. The van der Waals surface area contributed by atoms with E-state index in [2.05, 4.69) is 26.0 Å². The Morgan fingerprint density at radius 2 is 1.04 bits per heavy atom. The number of aliphatic hydroxyl groups excluding tert-OH is 4. The average Bonchev–Trinajstić information content (AvgIpc) is 3.13. The zero-order chi connectivity index (χ0) is 37.4. The average molecular weight is 729 g/mol. The molecule has 0 aromatic rings. The molecule has 0 saturated carbocycles. The Labute approximate surface area is 310 Å². The largest absolute Gasteiger partial charge is 0.462 e. The molecule has 1 fully saturated rings. The molecule has 1 heterocycles. The molecule has 1 saturated heterocycles. The van der Waals surface area contributed by atoms with E-state index < -0.39 is 49.4 Å². The van der Waals surface area contributed by atoms with Gasteiger partial charge in [-0.15, -0.1) is 0 Å². The molecule has 0 spiro atoms. The van der Waals surface area contributed by atoms with E-state index in [1.165, 1.54) is 109 Å². The predicted molar refractivity (Wildman–Crippen MR) is 201 cm³/mol. The summed E-state index contributed by atoms with van der Waals surface area (Å²) in [6.45, 7) is 3.38. The number of hydrogen-bond donors (Lipinski definition) is 4. The topological polar surface area (TPSA) is 152 Å². The predicted octanol–water partition coefficient (Wildman–Crippen LogP) is 8.00. The molecule has 300 valence electrons. The third-order valence-corrected chi connectivity index (χ3v) is 9.65. The molecule has 0 radical (unpaired) electrons. The highest BCUT2D eigenvalue weighted by molar-refractivity contribution is 5.70. The molecule has 0 aromatic carbocycles. The number of hydrogen-bond acceptors (Lipinski definition) is 10. The van der Waals surface area contributed by atoms with Crippen molar-refractivity contribution < 1.29 is 49.0 Å². The van der Waals surface area contributed by atoms with Crippen LogP contribution in [0, 0.1) is 0 Å². The first-order chi connectivity index (χ1) is 24.8. The molecule has 1 rings (SSSR count). The van der Waals surface area contributed by atoms with Gasteiger partial charge in [-0.2, -0.15) is 0 Å². The summed E-state index contributed by atoms with van der Waals surface area (Å²) in [6.07, 6.45) is 25.1. The van der Waals surface area contributed by atoms with Gasteiger partial charge in [0.05, 0.1) is 13.2 Å². The van der Waals surface area contributed by atoms with Crippen molar-refractivity contribution in [2.75, 3.05) is 19.8 Å². The fourth-order valence-electron chi connectivity index (χ4n) is 6.30. The molecule has 0 aromatic heterocycles. The van der Waals surface area contributed by atoms with E-state index in [9.17, 15) is 30.0 Å². The standard InChI is InChI=1S/C41H76O10/c1-3-5-7-9-11-13-14-15-16-17-18-19-20-22-23-25-27-29-36(43)48-32-34(33-49-41-40(47)39(46)38(45)35(31-42)51-41)50-37(44)30-28-26-24-21-12-10-8-6-4-2/h13-14,34-35,38-42,45-47H,3-12,15-33H2,1-2H3/b14-13+/t34-,35-,38+,39?,40?,41-/m0/s1. The second-order valence-corrected chi connectivity index (χ2v) is 14.4. The maximum Gasteiger partial charge on any atom is 0.306 e. The number of carbonyl (C=O) groups is 2. The Balaban J connectivity index is 2.31. The fraction of sp³-hybridized carbons (Fsp3) is 0.902. The van der Waals surface area contributed by atoms with Crippen molar-refractivity contribution in [1.82, 2.24) is 0 Å². The molecule has 1 aliphatic rings. The molecular weight excluding hydrogens is 652 g/mol. The van der Waals surface area contributed by atoms with Crippen LogP contribution in [0.3, 0.4) is 0 Å². The zero-order valence-corrected chi connectivity index (χ0v) is 32.4. The number of allylic oxidation sites excluding steroid dienone is 2. The molecule has 0 bridgehead atoms. The number of esters is 2. The fourth-order valence-corrected chi connectivity index (χ4v) is 6.30. The van der Waals surface area contributed by atoms with Crippen LogP contribution in [0.4, 0.5) is 0 Å². The molecular formula is C41H76O10. The molecule has 6 atom stereocenters. The van der Waals surface area contributed by atoms with Crippen LogP contribution in [0.1, 0.15) is 181 Å². The van der Waals surface area contributed by atoms with E-state index in [0.29, 0.717) is 6.42 Å². The van der Waals surface area contributed by atoms with Gasteiger partial charge in [0, 0.05) is 12.8 Å². The first-order valence-electron chi connectivity index (χ1n) is 20.8. The van der Waals surface area contributed by atoms with Crippen LogP contribution >= 0.6 is 0 Å². The lowest BCUT2D eigenvalue weighted by atomic mass is 9.99. The molecule has 10 heteroatoms. The Hall–Kier alpha value is -1.56. The van der Waals surface area contributed by atoms with Crippen molar-refractivity contribution >= 4 is 11.9 Å². The first-order valence-corrected chi connectivity index (χ1v) is 20.8. The number of ether oxygens (including phenoxy) is 4. The summed E-state index contributed by atoms with van der Waals surface area (Å²) in [5.41, 5.74) is 0. The van der Waals surface area contributed by atoms with Gasteiger partial charge in [0.15, 0.2) is 12.4 Å². The Kier molecular flexibility index (Phi) is 30.7. The third-order valence-electron chi connectivity index (χ3n) is 9.65. The van der Waals surface area contributed by atoms with Crippen LogP contribution in [-0.2, 0) is 28.5 Å². The van der Waals surface area contributed by atoms with E-state index in [4.69, 9.17) is 18.9 Å². The minimum atomic E-state index is -1.59. The molecule has 51 heavy (non-hydrogen) atoms. The van der Waals surface area contributed by atoms with Gasteiger partial charge in [-0.1, -0.05) is 142 Å². The van der Waals surface area contributed by atoms with Gasteiger partial charge in [-0.25, -0.2) is 0 Å². The van der Waals surface area contributed by atoms with E-state index in [1.807, 2.05) is 0 Å². The molecule has 0 aliphatic carbocycles. The summed E-state index contributed by atoms with van der Waals surface area (Å²) < 4.78 is 22.1. The SMILES string of the molecule is CCCCCC/C=C/CCCCCCCCCCCC(=O)OC[C@@H](CO[C@H]1O[C@@H](CO)[C@@H](O)C(O)C1O)OC(=O)CCCCCCCCCCC. The van der Waals surface area contributed by atoms with Gasteiger partial charge in [-0.05, 0) is 38.5 Å². The van der Waals surface area contributed by atoms with Gasteiger partial charge in [0.2, 0.25) is 0 Å². The second kappa shape index (κ2) is 33.0. The van der Waals surface area contributed by atoms with Gasteiger partial charge >= 0.3 is 11.9 Å². The number of rotatable bonds is 34. The molecule has 2 unspecified atom stereocenters. The van der Waals surface area contributed by atoms with Gasteiger partial charge < -0.3 is 39.4 Å². The monoisotopic (exact) mass is 729 g/mol. The van der Waals surface area contributed by atoms with Crippen LogP contribution in [0.25, 0.3) is 0 Å². The Bertz CT molecular complexity index is 850. The first kappa shape index (κ1) is 47.5. The Morgan fingerprint density at radius 1 is 0.588 bits per heavy atom. The number of aliphatic hydroxyl groups is 4. The number of unbranched alkanes of at least 4 members (excludes halogenated alkanes) is 21. The van der Waals surface area contributed by atoms with Crippen LogP contribution < -0.4 is 0 Å². The summed E-state index contributed by atoms with van der Waals surface area (Å²) in [5.74, 6) is -0.806. The minimum absolute atomic E-state index is 0.214.